The Hall–Kier alpha value is -1.06. The van der Waals surface area contributed by atoms with Crippen molar-refractivity contribution < 1.29 is 4.79 Å². The van der Waals surface area contributed by atoms with Gasteiger partial charge in [0.15, 0.2) is 0 Å². The third-order valence-electron chi connectivity index (χ3n) is 3.49. The number of halogens is 1. The van der Waals surface area contributed by atoms with Crippen molar-refractivity contribution in [3.8, 4) is 0 Å². The van der Waals surface area contributed by atoms with Gasteiger partial charge < -0.3 is 11.1 Å². The number of hydrogen-bond acceptors (Lipinski definition) is 2. The van der Waals surface area contributed by atoms with Crippen LogP contribution in [0.1, 0.15) is 32.3 Å². The van der Waals surface area contributed by atoms with Gasteiger partial charge in [0.2, 0.25) is 5.91 Å². The van der Waals surface area contributed by atoms with E-state index in [0.29, 0.717) is 6.54 Å². The van der Waals surface area contributed by atoms with Crippen molar-refractivity contribution in [1.82, 2.24) is 5.32 Å². The van der Waals surface area contributed by atoms with Gasteiger partial charge in [-0.2, -0.15) is 0 Å². The largest absolute Gasteiger partial charge is 0.354 e. The maximum absolute atomic E-state index is 11.8. The van der Waals surface area contributed by atoms with Gasteiger partial charge in [-0.15, -0.1) is 12.4 Å². The summed E-state index contributed by atoms with van der Waals surface area (Å²) in [7, 11) is 0. The highest BCUT2D eigenvalue weighted by molar-refractivity contribution is 5.89. The number of benzene rings is 1. The average molecular weight is 269 g/mol. The van der Waals surface area contributed by atoms with E-state index in [1.54, 1.807) is 0 Å². The SMILES string of the molecule is CC(C)(CNC(=O)C1(N)CC1)c1ccccc1.Cl. The summed E-state index contributed by atoms with van der Waals surface area (Å²) in [5, 5.41) is 2.96. The van der Waals surface area contributed by atoms with Crippen LogP contribution in [0.3, 0.4) is 0 Å². The second-order valence-corrected chi connectivity index (χ2v) is 5.59. The van der Waals surface area contributed by atoms with Crippen LogP contribution in [-0.2, 0) is 10.2 Å². The Morgan fingerprint density at radius 2 is 1.89 bits per heavy atom. The molecule has 0 heterocycles. The first-order valence-corrected chi connectivity index (χ1v) is 6.07. The van der Waals surface area contributed by atoms with Gasteiger partial charge in [-0.25, -0.2) is 0 Å². The van der Waals surface area contributed by atoms with Crippen LogP contribution in [-0.4, -0.2) is 18.0 Å². The first kappa shape index (κ1) is 15.0. The molecule has 2 rings (SSSR count). The number of hydrogen-bond donors (Lipinski definition) is 2. The summed E-state index contributed by atoms with van der Waals surface area (Å²) in [4.78, 5) is 11.8. The highest BCUT2D eigenvalue weighted by Crippen LogP contribution is 2.32. The molecule has 0 aliphatic heterocycles. The normalized spacial score (nSPS) is 16.6. The zero-order valence-corrected chi connectivity index (χ0v) is 11.7. The molecule has 0 aromatic heterocycles. The Kier molecular flexibility index (Phi) is 4.41. The summed E-state index contributed by atoms with van der Waals surface area (Å²) in [5.74, 6) is -0.0125. The molecule has 1 aromatic carbocycles. The monoisotopic (exact) mass is 268 g/mol. The fourth-order valence-electron chi connectivity index (χ4n) is 1.83. The van der Waals surface area contributed by atoms with Crippen molar-refractivity contribution in [2.75, 3.05) is 6.54 Å². The molecule has 4 heteroatoms. The highest BCUT2D eigenvalue weighted by atomic mass is 35.5. The van der Waals surface area contributed by atoms with Crippen molar-refractivity contribution in [2.24, 2.45) is 5.73 Å². The van der Waals surface area contributed by atoms with Gasteiger partial charge >= 0.3 is 0 Å². The van der Waals surface area contributed by atoms with Gasteiger partial charge in [0.1, 0.15) is 0 Å². The molecule has 0 bridgehead atoms. The van der Waals surface area contributed by atoms with Gasteiger partial charge in [0, 0.05) is 12.0 Å². The molecule has 0 atom stereocenters. The molecule has 1 aliphatic rings. The quantitative estimate of drug-likeness (QED) is 0.878. The van der Waals surface area contributed by atoms with Crippen LogP contribution in [0.15, 0.2) is 30.3 Å². The first-order valence-electron chi connectivity index (χ1n) is 6.07. The second kappa shape index (κ2) is 5.29. The lowest BCUT2D eigenvalue weighted by Crippen LogP contribution is -2.46. The molecule has 0 radical (unpaired) electrons. The molecule has 1 amide bonds. The summed E-state index contributed by atoms with van der Waals surface area (Å²) in [6, 6.07) is 10.2. The van der Waals surface area contributed by atoms with Crippen LogP contribution in [0.5, 0.6) is 0 Å². The third-order valence-corrected chi connectivity index (χ3v) is 3.49. The van der Waals surface area contributed by atoms with Crippen molar-refractivity contribution in [2.45, 2.75) is 37.6 Å². The molecule has 18 heavy (non-hydrogen) atoms. The number of amides is 1. The summed E-state index contributed by atoms with van der Waals surface area (Å²) < 4.78 is 0. The topological polar surface area (TPSA) is 55.1 Å². The Morgan fingerprint density at radius 3 is 2.39 bits per heavy atom. The van der Waals surface area contributed by atoms with Crippen LogP contribution < -0.4 is 11.1 Å². The number of nitrogens with one attached hydrogen (secondary N) is 1. The number of carbonyl (C=O) groups excluding carboxylic acids is 1. The highest BCUT2D eigenvalue weighted by Gasteiger charge is 2.46. The minimum Gasteiger partial charge on any atom is -0.354 e. The Morgan fingerprint density at radius 1 is 1.33 bits per heavy atom. The number of rotatable bonds is 4. The lowest BCUT2D eigenvalue weighted by Gasteiger charge is -2.26. The molecular weight excluding hydrogens is 248 g/mol. The van der Waals surface area contributed by atoms with E-state index in [-0.39, 0.29) is 23.7 Å². The van der Waals surface area contributed by atoms with Gasteiger partial charge in [-0.1, -0.05) is 44.2 Å². The number of nitrogens with two attached hydrogens (primary N) is 1. The van der Waals surface area contributed by atoms with Gasteiger partial charge in [-0.05, 0) is 18.4 Å². The van der Waals surface area contributed by atoms with E-state index in [1.807, 2.05) is 18.2 Å². The summed E-state index contributed by atoms with van der Waals surface area (Å²) in [6.45, 7) is 4.87. The third kappa shape index (κ3) is 3.24. The molecule has 3 nitrogen and oxygen atoms in total. The van der Waals surface area contributed by atoms with Crippen LogP contribution in [0, 0.1) is 0 Å². The Balaban J connectivity index is 0.00000162. The lowest BCUT2D eigenvalue weighted by atomic mass is 9.84. The summed E-state index contributed by atoms with van der Waals surface area (Å²) >= 11 is 0. The molecule has 1 aliphatic carbocycles. The summed E-state index contributed by atoms with van der Waals surface area (Å²) in [6.07, 6.45) is 1.62. The van der Waals surface area contributed by atoms with Crippen molar-refractivity contribution in [1.29, 1.82) is 0 Å². The molecule has 0 spiro atoms. The van der Waals surface area contributed by atoms with Gasteiger partial charge in [-0.3, -0.25) is 4.79 Å². The van der Waals surface area contributed by atoms with Crippen molar-refractivity contribution in [3.63, 3.8) is 0 Å². The summed E-state index contributed by atoms with van der Waals surface area (Å²) in [5.41, 5.74) is 6.43. The molecule has 100 valence electrons. The van der Waals surface area contributed by atoms with E-state index in [9.17, 15) is 4.79 Å². The fourth-order valence-corrected chi connectivity index (χ4v) is 1.83. The minimum absolute atomic E-state index is 0. The van der Waals surface area contributed by atoms with E-state index in [1.165, 1.54) is 5.56 Å². The smallest absolute Gasteiger partial charge is 0.240 e. The Labute approximate surface area is 115 Å². The van der Waals surface area contributed by atoms with Crippen LogP contribution in [0.2, 0.25) is 0 Å². The Bertz CT molecular complexity index is 413. The molecule has 3 N–H and O–H groups in total. The number of carbonyl (C=O) groups is 1. The predicted octanol–water partition coefficient (Wildman–Crippen LogP) is 1.99. The zero-order valence-electron chi connectivity index (χ0n) is 10.9. The van der Waals surface area contributed by atoms with Crippen molar-refractivity contribution in [3.05, 3.63) is 35.9 Å². The van der Waals surface area contributed by atoms with Crippen LogP contribution in [0.4, 0.5) is 0 Å². The first-order chi connectivity index (χ1) is 7.94. The van der Waals surface area contributed by atoms with Crippen LogP contribution in [0.25, 0.3) is 0 Å². The van der Waals surface area contributed by atoms with E-state index in [0.717, 1.165) is 12.8 Å². The van der Waals surface area contributed by atoms with Gasteiger partial charge in [0.05, 0.1) is 5.54 Å². The van der Waals surface area contributed by atoms with E-state index in [4.69, 9.17) is 5.73 Å². The zero-order chi connectivity index (χ0) is 12.5. The van der Waals surface area contributed by atoms with E-state index in [2.05, 4.69) is 31.3 Å². The molecular formula is C14H21ClN2O. The van der Waals surface area contributed by atoms with Gasteiger partial charge in [0.25, 0.3) is 0 Å². The molecule has 1 fully saturated rings. The molecule has 1 saturated carbocycles. The molecule has 1 aromatic rings. The van der Waals surface area contributed by atoms with Crippen molar-refractivity contribution >= 4 is 18.3 Å². The van der Waals surface area contributed by atoms with E-state index < -0.39 is 5.54 Å². The predicted molar refractivity (Wildman–Crippen MR) is 75.9 cm³/mol. The maximum atomic E-state index is 11.8. The average Bonchev–Trinajstić information content (AvgIpc) is 3.07. The molecule has 0 unspecified atom stereocenters. The standard InChI is InChI=1S/C14H20N2O.ClH/c1-13(2,11-6-4-3-5-7-11)10-16-12(17)14(15)8-9-14;/h3-7H,8-10,15H2,1-2H3,(H,16,17);1H. The minimum atomic E-state index is -0.577. The van der Waals surface area contributed by atoms with Crippen LogP contribution >= 0.6 is 12.4 Å². The lowest BCUT2D eigenvalue weighted by molar-refractivity contribution is -0.123. The van der Waals surface area contributed by atoms with E-state index >= 15 is 0 Å². The molecule has 0 saturated heterocycles. The fraction of sp³-hybridized carbons (Fsp3) is 0.500. The second-order valence-electron chi connectivity index (χ2n) is 5.59. The maximum Gasteiger partial charge on any atom is 0.240 e.